The average molecular weight is 313 g/mol. The number of nitro groups is 1. The monoisotopic (exact) mass is 313 g/mol. The van der Waals surface area contributed by atoms with E-state index >= 15 is 0 Å². The summed E-state index contributed by atoms with van der Waals surface area (Å²) in [4.78, 5) is 28.3. The summed E-state index contributed by atoms with van der Waals surface area (Å²) in [6, 6.07) is 9.94. The molecule has 2 aromatic rings. The molecule has 0 saturated heterocycles. The van der Waals surface area contributed by atoms with Crippen molar-refractivity contribution in [2.24, 2.45) is 0 Å². The fourth-order valence-electron chi connectivity index (χ4n) is 2.31. The molecule has 6 heteroatoms. The minimum absolute atomic E-state index is 0.000758. The Bertz CT molecular complexity index is 688. The van der Waals surface area contributed by atoms with E-state index < -0.39 is 4.92 Å². The van der Waals surface area contributed by atoms with Crippen LogP contribution in [0.1, 0.15) is 30.5 Å². The first-order valence-corrected chi connectivity index (χ1v) is 7.38. The lowest BCUT2D eigenvalue weighted by Crippen LogP contribution is -2.29. The van der Waals surface area contributed by atoms with E-state index in [0.717, 1.165) is 11.1 Å². The van der Waals surface area contributed by atoms with Crippen molar-refractivity contribution in [1.29, 1.82) is 0 Å². The molecule has 0 aliphatic rings. The number of rotatable bonds is 6. The minimum atomic E-state index is -0.429. The molecule has 0 radical (unpaired) electrons. The summed E-state index contributed by atoms with van der Waals surface area (Å²) in [6.07, 6.45) is 4.44. The number of aryl methyl sites for hydroxylation is 1. The quantitative estimate of drug-likeness (QED) is 0.606. The summed E-state index contributed by atoms with van der Waals surface area (Å²) in [5.74, 6) is 0.000758. The zero-order chi connectivity index (χ0) is 16.8. The van der Waals surface area contributed by atoms with Gasteiger partial charge >= 0.3 is 0 Å². The van der Waals surface area contributed by atoms with Crippen LogP contribution in [0.25, 0.3) is 0 Å². The highest BCUT2D eigenvalue weighted by Crippen LogP contribution is 2.23. The molecule has 0 bridgehead atoms. The molecule has 0 N–H and O–H groups in total. The highest BCUT2D eigenvalue weighted by atomic mass is 16.6. The van der Waals surface area contributed by atoms with Crippen molar-refractivity contribution in [3.05, 3.63) is 70.0 Å². The van der Waals surface area contributed by atoms with Gasteiger partial charge in [0, 0.05) is 38.0 Å². The van der Waals surface area contributed by atoms with Crippen molar-refractivity contribution in [2.45, 2.75) is 25.8 Å². The number of carbonyl (C=O) groups is 1. The van der Waals surface area contributed by atoms with Gasteiger partial charge in [-0.05, 0) is 36.6 Å². The third-order valence-electron chi connectivity index (χ3n) is 3.91. The van der Waals surface area contributed by atoms with Gasteiger partial charge in [0.1, 0.15) is 0 Å². The minimum Gasteiger partial charge on any atom is -0.339 e. The molecule has 6 nitrogen and oxygen atoms in total. The number of pyridine rings is 1. The van der Waals surface area contributed by atoms with Crippen LogP contribution in [0.5, 0.6) is 0 Å². The summed E-state index contributed by atoms with van der Waals surface area (Å²) >= 11 is 0. The van der Waals surface area contributed by atoms with Crippen LogP contribution in [0, 0.1) is 10.1 Å². The lowest BCUT2D eigenvalue weighted by molar-refractivity contribution is -0.384. The van der Waals surface area contributed by atoms with Crippen LogP contribution in [0.15, 0.2) is 48.8 Å². The van der Waals surface area contributed by atoms with Gasteiger partial charge in [-0.3, -0.25) is 19.9 Å². The molecule has 1 aromatic heterocycles. The number of carbonyl (C=O) groups excluding carboxylic acids is 1. The Balaban J connectivity index is 2.01. The predicted octanol–water partition coefficient (Wildman–Crippen LogP) is 3.14. The second kappa shape index (κ2) is 7.49. The SMILES string of the molecule is C[C@H](c1cccc([N+](=O)[O-])c1)N(C)C(=O)CCc1ccncc1. The highest BCUT2D eigenvalue weighted by Gasteiger charge is 2.19. The van der Waals surface area contributed by atoms with Crippen LogP contribution < -0.4 is 0 Å². The lowest BCUT2D eigenvalue weighted by atomic mass is 10.1. The molecule has 0 saturated carbocycles. The lowest BCUT2D eigenvalue weighted by Gasteiger charge is -2.25. The molecule has 0 aliphatic heterocycles. The smallest absolute Gasteiger partial charge is 0.269 e. The Morgan fingerprint density at radius 3 is 2.65 bits per heavy atom. The van der Waals surface area contributed by atoms with Crippen LogP contribution in [0.2, 0.25) is 0 Å². The van der Waals surface area contributed by atoms with Gasteiger partial charge in [0.05, 0.1) is 11.0 Å². The molecule has 1 heterocycles. The molecule has 120 valence electrons. The van der Waals surface area contributed by atoms with Crippen molar-refractivity contribution in [3.63, 3.8) is 0 Å². The van der Waals surface area contributed by atoms with E-state index in [1.165, 1.54) is 12.1 Å². The van der Waals surface area contributed by atoms with E-state index in [0.29, 0.717) is 12.8 Å². The van der Waals surface area contributed by atoms with Gasteiger partial charge in [-0.1, -0.05) is 12.1 Å². The zero-order valence-corrected chi connectivity index (χ0v) is 13.2. The maximum atomic E-state index is 12.3. The van der Waals surface area contributed by atoms with Gasteiger partial charge in [-0.15, -0.1) is 0 Å². The van der Waals surface area contributed by atoms with Crippen LogP contribution in [0.4, 0.5) is 5.69 Å². The van der Waals surface area contributed by atoms with Gasteiger partial charge in [-0.25, -0.2) is 0 Å². The first-order valence-electron chi connectivity index (χ1n) is 7.38. The zero-order valence-electron chi connectivity index (χ0n) is 13.2. The van der Waals surface area contributed by atoms with E-state index in [1.807, 2.05) is 19.1 Å². The number of aromatic nitrogens is 1. The summed E-state index contributed by atoms with van der Waals surface area (Å²) in [7, 11) is 1.72. The third kappa shape index (κ3) is 4.35. The second-order valence-corrected chi connectivity index (χ2v) is 5.39. The van der Waals surface area contributed by atoms with Crippen molar-refractivity contribution in [2.75, 3.05) is 7.05 Å². The van der Waals surface area contributed by atoms with Crippen LogP contribution in [0.3, 0.4) is 0 Å². The van der Waals surface area contributed by atoms with Crippen LogP contribution in [-0.4, -0.2) is 27.8 Å². The number of amides is 1. The van der Waals surface area contributed by atoms with E-state index in [-0.39, 0.29) is 17.6 Å². The molecular weight excluding hydrogens is 294 g/mol. The number of hydrogen-bond donors (Lipinski definition) is 0. The predicted molar refractivity (Wildman–Crippen MR) is 86.8 cm³/mol. The fraction of sp³-hybridized carbons (Fsp3) is 0.294. The average Bonchev–Trinajstić information content (AvgIpc) is 2.59. The molecule has 0 unspecified atom stereocenters. The second-order valence-electron chi connectivity index (χ2n) is 5.39. The molecule has 0 fully saturated rings. The number of non-ortho nitro benzene ring substituents is 1. The van der Waals surface area contributed by atoms with E-state index in [1.54, 1.807) is 36.5 Å². The van der Waals surface area contributed by atoms with E-state index in [2.05, 4.69) is 4.98 Å². The number of nitro benzene ring substituents is 1. The Hall–Kier alpha value is -2.76. The molecule has 0 spiro atoms. The number of nitrogens with zero attached hydrogens (tertiary/aromatic N) is 3. The topological polar surface area (TPSA) is 76.3 Å². The summed E-state index contributed by atoms with van der Waals surface area (Å²) in [6.45, 7) is 1.86. The number of hydrogen-bond acceptors (Lipinski definition) is 4. The molecule has 1 atom stereocenters. The largest absolute Gasteiger partial charge is 0.339 e. The van der Waals surface area contributed by atoms with Gasteiger partial charge < -0.3 is 4.90 Å². The van der Waals surface area contributed by atoms with Crippen molar-refractivity contribution in [3.8, 4) is 0 Å². The first kappa shape index (κ1) is 16.6. The Kier molecular flexibility index (Phi) is 5.41. The molecular formula is C17H19N3O3. The Morgan fingerprint density at radius 1 is 1.30 bits per heavy atom. The molecule has 1 amide bonds. The van der Waals surface area contributed by atoms with Crippen molar-refractivity contribution in [1.82, 2.24) is 9.88 Å². The first-order chi connectivity index (χ1) is 11.0. The third-order valence-corrected chi connectivity index (χ3v) is 3.91. The van der Waals surface area contributed by atoms with Crippen molar-refractivity contribution < 1.29 is 9.72 Å². The van der Waals surface area contributed by atoms with Gasteiger partial charge in [0.25, 0.3) is 5.69 Å². The van der Waals surface area contributed by atoms with E-state index in [9.17, 15) is 14.9 Å². The maximum Gasteiger partial charge on any atom is 0.269 e. The summed E-state index contributed by atoms with van der Waals surface area (Å²) in [5.41, 5.74) is 1.84. The van der Waals surface area contributed by atoms with Gasteiger partial charge in [0.2, 0.25) is 5.91 Å². The molecule has 0 aliphatic carbocycles. The van der Waals surface area contributed by atoms with Crippen LogP contribution >= 0.6 is 0 Å². The normalized spacial score (nSPS) is 11.7. The van der Waals surface area contributed by atoms with Crippen LogP contribution in [-0.2, 0) is 11.2 Å². The molecule has 1 aromatic carbocycles. The standard InChI is InChI=1S/C17H19N3O3/c1-13(15-4-3-5-16(12-15)20(22)23)19(2)17(21)7-6-14-8-10-18-11-9-14/h3-5,8-13H,6-7H2,1-2H3/t13-/m1/s1. The number of benzene rings is 1. The van der Waals surface area contributed by atoms with Crippen molar-refractivity contribution >= 4 is 11.6 Å². The Morgan fingerprint density at radius 2 is 2.00 bits per heavy atom. The highest BCUT2D eigenvalue weighted by molar-refractivity contribution is 5.76. The van der Waals surface area contributed by atoms with Gasteiger partial charge in [0.15, 0.2) is 0 Å². The fourth-order valence-corrected chi connectivity index (χ4v) is 2.31. The summed E-state index contributed by atoms with van der Waals surface area (Å²) in [5, 5.41) is 10.9. The summed E-state index contributed by atoms with van der Waals surface area (Å²) < 4.78 is 0. The van der Waals surface area contributed by atoms with Gasteiger partial charge in [-0.2, -0.15) is 0 Å². The molecule has 2 rings (SSSR count). The maximum absolute atomic E-state index is 12.3. The molecule has 23 heavy (non-hydrogen) atoms. The Labute approximate surface area is 134 Å². The van der Waals surface area contributed by atoms with E-state index in [4.69, 9.17) is 0 Å².